The number of thiophene rings is 2. The lowest BCUT2D eigenvalue weighted by atomic mass is 9.89. The van der Waals surface area contributed by atoms with Crippen molar-refractivity contribution in [1.82, 2.24) is 9.97 Å². The Morgan fingerprint density at radius 1 is 0.648 bits per heavy atom. The summed E-state index contributed by atoms with van der Waals surface area (Å²) in [5.74, 6) is 7.29. The summed E-state index contributed by atoms with van der Waals surface area (Å²) >= 11 is 3.63. The van der Waals surface area contributed by atoms with Gasteiger partial charge in [-0.15, -0.1) is 22.7 Å². The summed E-state index contributed by atoms with van der Waals surface area (Å²) in [6.07, 6.45) is 2.27. The van der Waals surface area contributed by atoms with E-state index in [9.17, 15) is 0 Å². The molecule has 8 aromatic rings. The monoisotopic (exact) mass is 738 g/mol. The lowest BCUT2D eigenvalue weighted by Gasteiger charge is -2.20. The third-order valence-electron chi connectivity index (χ3n) is 10.3. The van der Waals surface area contributed by atoms with Gasteiger partial charge in [0.2, 0.25) is 0 Å². The zero-order valence-corrected chi connectivity index (χ0v) is 33.6. The summed E-state index contributed by atoms with van der Waals surface area (Å²) in [7, 11) is 0. The Bertz CT molecular complexity index is 2570. The van der Waals surface area contributed by atoms with Crippen molar-refractivity contribution in [3.8, 4) is 44.7 Å². The molecule has 0 N–H and O–H groups in total. The van der Waals surface area contributed by atoms with E-state index in [0.717, 1.165) is 50.7 Å². The first kappa shape index (κ1) is 37.0. The summed E-state index contributed by atoms with van der Waals surface area (Å²) in [5, 5.41) is 4.37. The Morgan fingerprint density at radius 2 is 1.24 bits per heavy atom. The van der Waals surface area contributed by atoms with Gasteiger partial charge in [-0.1, -0.05) is 113 Å². The van der Waals surface area contributed by atoms with E-state index < -0.39 is 0 Å². The Labute approximate surface area is 328 Å². The fraction of sp³-hybridized carbons (Fsp3) is 0.200. The second-order valence-electron chi connectivity index (χ2n) is 14.5. The minimum Gasteiger partial charge on any atom is -0.253 e. The SMILES string of the molecule is CCC(C)(C)c1cccs1.CCC(C)c1cc(-c2ccccc2)c2cc(C#Cc3ccc4nc(-c5ccc(C)s5)cc(-c5ccccc5)c4c3)ccc2n1. The molecule has 0 fully saturated rings. The number of rotatable bonds is 7. The third kappa shape index (κ3) is 8.24. The average Bonchev–Trinajstić information content (AvgIpc) is 3.93. The van der Waals surface area contributed by atoms with Crippen molar-refractivity contribution in [2.75, 3.05) is 0 Å². The first-order chi connectivity index (χ1) is 26.2. The van der Waals surface area contributed by atoms with Crippen LogP contribution < -0.4 is 0 Å². The average molecular weight is 739 g/mol. The van der Waals surface area contributed by atoms with E-state index in [2.05, 4.69) is 192 Å². The molecule has 1 atom stereocenters. The van der Waals surface area contributed by atoms with Gasteiger partial charge in [0.15, 0.2) is 0 Å². The van der Waals surface area contributed by atoms with E-state index in [1.54, 1.807) is 11.3 Å². The largest absolute Gasteiger partial charge is 0.253 e. The maximum Gasteiger partial charge on any atom is 0.0815 e. The molecule has 0 aliphatic heterocycles. The fourth-order valence-corrected chi connectivity index (χ4v) is 8.24. The van der Waals surface area contributed by atoms with Crippen LogP contribution in [0.5, 0.6) is 0 Å². The van der Waals surface area contributed by atoms with Crippen LogP contribution in [0.2, 0.25) is 0 Å². The molecule has 4 aromatic heterocycles. The first-order valence-electron chi connectivity index (χ1n) is 18.9. The van der Waals surface area contributed by atoms with Crippen LogP contribution in [-0.4, -0.2) is 9.97 Å². The number of aryl methyl sites for hydroxylation is 1. The highest BCUT2D eigenvalue weighted by Gasteiger charge is 2.18. The maximum atomic E-state index is 5.06. The van der Waals surface area contributed by atoms with Crippen molar-refractivity contribution < 1.29 is 0 Å². The van der Waals surface area contributed by atoms with Crippen LogP contribution in [0.4, 0.5) is 0 Å². The lowest BCUT2D eigenvalue weighted by molar-refractivity contribution is 0.517. The number of aromatic nitrogens is 2. The minimum absolute atomic E-state index is 0.383. The maximum absolute atomic E-state index is 5.06. The molecule has 4 aromatic carbocycles. The molecular formula is C50H46N2S2. The minimum atomic E-state index is 0.383. The number of benzene rings is 4. The number of hydrogen-bond acceptors (Lipinski definition) is 4. The van der Waals surface area contributed by atoms with Crippen molar-refractivity contribution in [2.24, 2.45) is 0 Å². The normalized spacial score (nSPS) is 11.8. The lowest BCUT2D eigenvalue weighted by Crippen LogP contribution is -2.12. The van der Waals surface area contributed by atoms with Crippen molar-refractivity contribution >= 4 is 44.5 Å². The van der Waals surface area contributed by atoms with E-state index in [1.807, 2.05) is 11.3 Å². The second kappa shape index (κ2) is 16.4. The van der Waals surface area contributed by atoms with Gasteiger partial charge in [0.05, 0.1) is 21.6 Å². The molecular weight excluding hydrogens is 693 g/mol. The van der Waals surface area contributed by atoms with Crippen LogP contribution in [0.3, 0.4) is 0 Å². The molecule has 0 saturated heterocycles. The van der Waals surface area contributed by atoms with Gasteiger partial charge in [-0.25, -0.2) is 4.98 Å². The molecule has 0 aliphatic rings. The van der Waals surface area contributed by atoms with Gasteiger partial charge >= 0.3 is 0 Å². The molecule has 268 valence electrons. The van der Waals surface area contributed by atoms with Crippen LogP contribution in [0.1, 0.15) is 80.0 Å². The topological polar surface area (TPSA) is 25.8 Å². The van der Waals surface area contributed by atoms with Crippen LogP contribution in [0.15, 0.2) is 139 Å². The van der Waals surface area contributed by atoms with Crippen molar-refractivity contribution in [2.45, 2.75) is 65.7 Å². The molecule has 0 saturated carbocycles. The summed E-state index contributed by atoms with van der Waals surface area (Å²) in [4.78, 5) is 14.1. The van der Waals surface area contributed by atoms with E-state index in [-0.39, 0.29) is 0 Å². The number of nitrogens with zero attached hydrogens (tertiary/aromatic N) is 2. The number of hydrogen-bond donors (Lipinski definition) is 0. The Balaban J connectivity index is 0.000000392. The quantitative estimate of drug-likeness (QED) is 0.152. The first-order valence-corrected chi connectivity index (χ1v) is 20.5. The van der Waals surface area contributed by atoms with Gasteiger partial charge < -0.3 is 0 Å². The Morgan fingerprint density at radius 3 is 1.76 bits per heavy atom. The fourth-order valence-electron chi connectivity index (χ4n) is 6.48. The molecule has 8 rings (SSSR count). The van der Waals surface area contributed by atoms with E-state index in [0.29, 0.717) is 11.3 Å². The highest BCUT2D eigenvalue weighted by Crippen LogP contribution is 2.36. The highest BCUT2D eigenvalue weighted by molar-refractivity contribution is 7.15. The van der Waals surface area contributed by atoms with Gasteiger partial charge in [0, 0.05) is 37.3 Å². The Hall–Kier alpha value is -5.34. The molecule has 0 bridgehead atoms. The third-order valence-corrected chi connectivity index (χ3v) is 12.6. The molecule has 0 radical (unpaired) electrons. The molecule has 54 heavy (non-hydrogen) atoms. The Kier molecular flexibility index (Phi) is 11.2. The van der Waals surface area contributed by atoms with Crippen LogP contribution >= 0.6 is 22.7 Å². The summed E-state index contributed by atoms with van der Waals surface area (Å²) < 4.78 is 0. The van der Waals surface area contributed by atoms with Gasteiger partial charge in [0.25, 0.3) is 0 Å². The van der Waals surface area contributed by atoms with E-state index >= 15 is 0 Å². The molecule has 1 unspecified atom stereocenters. The van der Waals surface area contributed by atoms with Gasteiger partial charge in [-0.3, -0.25) is 4.98 Å². The predicted molar refractivity (Wildman–Crippen MR) is 235 cm³/mol. The highest BCUT2D eigenvalue weighted by atomic mass is 32.1. The van der Waals surface area contributed by atoms with Crippen LogP contribution in [0, 0.1) is 18.8 Å². The molecule has 2 nitrogen and oxygen atoms in total. The predicted octanol–water partition coefficient (Wildman–Crippen LogP) is 14.5. The molecule has 4 heteroatoms. The summed E-state index contributed by atoms with van der Waals surface area (Å²) in [5.41, 5.74) is 11.2. The molecule has 4 heterocycles. The number of pyridine rings is 2. The molecule has 0 amide bonds. The smallest absolute Gasteiger partial charge is 0.0815 e. The second-order valence-corrected chi connectivity index (χ2v) is 16.8. The van der Waals surface area contributed by atoms with Gasteiger partial charge in [-0.05, 0) is 125 Å². The van der Waals surface area contributed by atoms with Gasteiger partial charge in [-0.2, -0.15) is 0 Å². The summed E-state index contributed by atoms with van der Waals surface area (Å²) in [6.45, 7) is 13.4. The standard InChI is InChI=1S/C41H32N2S.C9H14S/c1-4-27(2)39-25-33(31-11-7-5-8-12-31)35-23-29(18-20-37(35)42-39)16-17-30-19-21-38-36(24-30)34(32-13-9-6-10-14-32)26-40(43-38)41-22-15-28(3)44-41;1-4-9(2,3)8-6-5-7-10-8/h5-15,18-27H,4H2,1-3H3;5-7H,4H2,1-3H3. The van der Waals surface area contributed by atoms with E-state index in [4.69, 9.17) is 9.97 Å². The molecule has 0 spiro atoms. The van der Waals surface area contributed by atoms with Crippen molar-refractivity contribution in [3.63, 3.8) is 0 Å². The zero-order valence-electron chi connectivity index (χ0n) is 32.0. The van der Waals surface area contributed by atoms with Gasteiger partial charge in [0.1, 0.15) is 0 Å². The van der Waals surface area contributed by atoms with Crippen LogP contribution in [0.25, 0.3) is 54.6 Å². The number of fused-ring (bicyclic) bond motifs is 2. The van der Waals surface area contributed by atoms with Crippen molar-refractivity contribution in [3.05, 3.63) is 165 Å². The molecule has 0 aliphatic carbocycles. The van der Waals surface area contributed by atoms with Crippen molar-refractivity contribution in [1.29, 1.82) is 0 Å². The zero-order chi connectivity index (χ0) is 37.7. The summed E-state index contributed by atoms with van der Waals surface area (Å²) in [6, 6.07) is 47.0. The van der Waals surface area contributed by atoms with E-state index in [1.165, 1.54) is 43.3 Å². The van der Waals surface area contributed by atoms with Crippen LogP contribution in [-0.2, 0) is 5.41 Å².